The van der Waals surface area contributed by atoms with Gasteiger partial charge in [-0.25, -0.2) is 4.79 Å². The molecule has 0 aromatic heterocycles. The molecule has 1 aromatic rings. The summed E-state index contributed by atoms with van der Waals surface area (Å²) in [6, 6.07) is 4.46. The number of hydrogen-bond acceptors (Lipinski definition) is 4. The maximum absolute atomic E-state index is 13.4. The van der Waals surface area contributed by atoms with E-state index < -0.39 is 48.8 Å². The van der Waals surface area contributed by atoms with E-state index in [4.69, 9.17) is 0 Å². The van der Waals surface area contributed by atoms with Crippen LogP contribution in [-0.2, 0) is 19.9 Å². The number of aliphatic hydroxyl groups is 1. The lowest BCUT2D eigenvalue weighted by Crippen LogP contribution is -2.56. The fourth-order valence-corrected chi connectivity index (χ4v) is 1.91. The van der Waals surface area contributed by atoms with Crippen molar-refractivity contribution in [2.45, 2.75) is 24.1 Å². The molecule has 0 bridgehead atoms. The van der Waals surface area contributed by atoms with Gasteiger partial charge in [-0.3, -0.25) is 0 Å². The number of carbonyl (C=O) groups excluding carboxylic acids is 1. The standard InChI is InChI=1S/C15H14F6O4/c1-2-12(23)24-8-11(22)9-25-13(14(16,17)18,15(19,20)21)10-6-4-3-5-7-10/h2-7,11,22H,1,8-9H2. The first-order chi connectivity index (χ1) is 11.5. The van der Waals surface area contributed by atoms with Gasteiger partial charge in [0.2, 0.25) is 0 Å². The molecule has 1 N–H and O–H groups in total. The molecule has 0 amide bonds. The molecule has 0 aliphatic heterocycles. The summed E-state index contributed by atoms with van der Waals surface area (Å²) in [6.45, 7) is 0.811. The van der Waals surface area contributed by atoms with Gasteiger partial charge in [0.1, 0.15) is 12.7 Å². The van der Waals surface area contributed by atoms with Gasteiger partial charge in [-0.1, -0.05) is 36.9 Å². The van der Waals surface area contributed by atoms with Crippen molar-refractivity contribution in [3.63, 3.8) is 0 Å². The Hall–Kier alpha value is -2.07. The van der Waals surface area contributed by atoms with E-state index in [1.165, 1.54) is 6.07 Å². The molecule has 0 radical (unpaired) electrons. The average molecular weight is 372 g/mol. The summed E-state index contributed by atoms with van der Waals surface area (Å²) in [5.74, 6) is -1.000. The molecule has 10 heteroatoms. The SMILES string of the molecule is C=CC(=O)OCC(O)COC(c1ccccc1)(C(F)(F)F)C(F)(F)F. The van der Waals surface area contributed by atoms with Crippen LogP contribution in [0.4, 0.5) is 26.3 Å². The monoisotopic (exact) mass is 372 g/mol. The molecule has 0 saturated carbocycles. The van der Waals surface area contributed by atoms with Crippen LogP contribution in [0.2, 0.25) is 0 Å². The Kier molecular flexibility index (Phi) is 6.61. The number of hydrogen-bond donors (Lipinski definition) is 1. The Balaban J connectivity index is 3.12. The van der Waals surface area contributed by atoms with Gasteiger partial charge >= 0.3 is 18.3 Å². The molecule has 4 nitrogen and oxygen atoms in total. The first-order valence-electron chi connectivity index (χ1n) is 6.76. The van der Waals surface area contributed by atoms with Crippen LogP contribution in [0.3, 0.4) is 0 Å². The minimum atomic E-state index is -5.86. The molecule has 1 atom stereocenters. The molecule has 1 unspecified atom stereocenters. The number of alkyl halides is 6. The quantitative estimate of drug-likeness (QED) is 0.454. The molecular formula is C15H14F6O4. The van der Waals surface area contributed by atoms with Gasteiger partial charge < -0.3 is 14.6 Å². The second-order valence-electron chi connectivity index (χ2n) is 4.84. The second-order valence-corrected chi connectivity index (χ2v) is 4.84. The molecular weight excluding hydrogens is 358 g/mol. The summed E-state index contributed by atoms with van der Waals surface area (Å²) in [6.07, 6.45) is -12.9. The van der Waals surface area contributed by atoms with Crippen molar-refractivity contribution >= 4 is 5.97 Å². The first-order valence-corrected chi connectivity index (χ1v) is 6.76. The van der Waals surface area contributed by atoms with Crippen molar-refractivity contribution in [3.05, 3.63) is 48.6 Å². The van der Waals surface area contributed by atoms with Gasteiger partial charge in [0.05, 0.1) is 6.61 Å². The lowest BCUT2D eigenvalue weighted by atomic mass is 9.92. The van der Waals surface area contributed by atoms with Gasteiger partial charge in [-0.15, -0.1) is 0 Å². The largest absolute Gasteiger partial charge is 0.460 e. The van der Waals surface area contributed by atoms with E-state index in [0.717, 1.165) is 12.1 Å². The summed E-state index contributed by atoms with van der Waals surface area (Å²) in [7, 11) is 0. The fraction of sp³-hybridized carbons (Fsp3) is 0.400. The van der Waals surface area contributed by atoms with Gasteiger partial charge in [0, 0.05) is 11.6 Å². The number of carbonyl (C=O) groups is 1. The molecule has 0 spiro atoms. The van der Waals surface area contributed by atoms with Crippen LogP contribution in [-0.4, -0.2) is 42.7 Å². The van der Waals surface area contributed by atoms with Gasteiger partial charge in [0.25, 0.3) is 5.60 Å². The van der Waals surface area contributed by atoms with E-state index in [1.807, 2.05) is 0 Å². The molecule has 1 aromatic carbocycles. The number of benzene rings is 1. The van der Waals surface area contributed by atoms with E-state index in [-0.39, 0.29) is 0 Å². The maximum atomic E-state index is 13.4. The summed E-state index contributed by atoms with van der Waals surface area (Å²) in [5.41, 5.74) is -5.82. The number of aliphatic hydroxyl groups excluding tert-OH is 1. The van der Waals surface area contributed by atoms with Crippen LogP contribution in [0.5, 0.6) is 0 Å². The van der Waals surface area contributed by atoms with Crippen molar-refractivity contribution in [1.82, 2.24) is 0 Å². The minimum absolute atomic E-state index is 0.616. The zero-order valence-electron chi connectivity index (χ0n) is 12.6. The third-order valence-electron chi connectivity index (χ3n) is 3.06. The van der Waals surface area contributed by atoms with E-state index in [9.17, 15) is 36.2 Å². The molecule has 0 aliphatic carbocycles. The predicted octanol–water partition coefficient (Wildman–Crippen LogP) is 3.11. The molecule has 25 heavy (non-hydrogen) atoms. The van der Waals surface area contributed by atoms with E-state index in [0.29, 0.717) is 18.2 Å². The molecule has 0 heterocycles. The lowest BCUT2D eigenvalue weighted by Gasteiger charge is -2.37. The number of rotatable bonds is 7. The van der Waals surface area contributed by atoms with Gasteiger partial charge in [-0.2, -0.15) is 26.3 Å². The molecule has 1 rings (SSSR count). The Morgan fingerprint density at radius 3 is 2.04 bits per heavy atom. The Labute approximate surface area is 138 Å². The third kappa shape index (κ3) is 4.73. The normalized spacial score (nSPS) is 14.0. The summed E-state index contributed by atoms with van der Waals surface area (Å²) in [5, 5.41) is 9.46. The van der Waals surface area contributed by atoms with Crippen LogP contribution in [0.1, 0.15) is 5.56 Å². The van der Waals surface area contributed by atoms with Crippen molar-refractivity contribution in [2.75, 3.05) is 13.2 Å². The zero-order valence-corrected chi connectivity index (χ0v) is 12.6. The number of halogens is 6. The molecule has 140 valence electrons. The van der Waals surface area contributed by atoms with Crippen LogP contribution < -0.4 is 0 Å². The third-order valence-corrected chi connectivity index (χ3v) is 3.06. The molecule has 0 aliphatic rings. The van der Waals surface area contributed by atoms with Crippen LogP contribution in [0.15, 0.2) is 43.0 Å². The highest BCUT2D eigenvalue weighted by molar-refractivity contribution is 5.81. The second kappa shape index (κ2) is 7.87. The van der Waals surface area contributed by atoms with E-state index in [1.54, 1.807) is 0 Å². The zero-order chi connectivity index (χ0) is 19.3. The number of esters is 1. The lowest BCUT2D eigenvalue weighted by molar-refractivity contribution is -0.392. The summed E-state index contributed by atoms with van der Waals surface area (Å²) < 4.78 is 88.6. The van der Waals surface area contributed by atoms with Gasteiger partial charge in [-0.05, 0) is 0 Å². The Morgan fingerprint density at radius 1 is 1.08 bits per heavy atom. The topological polar surface area (TPSA) is 55.8 Å². The summed E-state index contributed by atoms with van der Waals surface area (Å²) >= 11 is 0. The maximum Gasteiger partial charge on any atom is 0.430 e. The average Bonchev–Trinajstić information content (AvgIpc) is 2.51. The summed E-state index contributed by atoms with van der Waals surface area (Å²) in [4.78, 5) is 10.8. The van der Waals surface area contributed by atoms with Crippen molar-refractivity contribution < 1.29 is 45.7 Å². The Morgan fingerprint density at radius 2 is 1.60 bits per heavy atom. The molecule has 0 fully saturated rings. The first kappa shape index (κ1) is 21.0. The van der Waals surface area contributed by atoms with Crippen LogP contribution >= 0.6 is 0 Å². The highest BCUT2D eigenvalue weighted by atomic mass is 19.4. The van der Waals surface area contributed by atoms with E-state index >= 15 is 0 Å². The smallest absolute Gasteiger partial charge is 0.430 e. The van der Waals surface area contributed by atoms with Crippen molar-refractivity contribution in [1.29, 1.82) is 0 Å². The molecule has 0 saturated heterocycles. The van der Waals surface area contributed by atoms with Crippen LogP contribution in [0, 0.1) is 0 Å². The van der Waals surface area contributed by atoms with E-state index in [2.05, 4.69) is 16.1 Å². The fourth-order valence-electron chi connectivity index (χ4n) is 1.91. The van der Waals surface area contributed by atoms with Crippen molar-refractivity contribution in [3.8, 4) is 0 Å². The highest BCUT2D eigenvalue weighted by Gasteiger charge is 2.73. The van der Waals surface area contributed by atoms with Crippen LogP contribution in [0.25, 0.3) is 0 Å². The highest BCUT2D eigenvalue weighted by Crippen LogP contribution is 2.52. The Bertz CT molecular complexity index is 568. The van der Waals surface area contributed by atoms with Gasteiger partial charge in [0.15, 0.2) is 0 Å². The number of ether oxygens (including phenoxy) is 2. The van der Waals surface area contributed by atoms with Crippen molar-refractivity contribution in [2.24, 2.45) is 0 Å². The predicted molar refractivity (Wildman–Crippen MR) is 73.3 cm³/mol. The minimum Gasteiger partial charge on any atom is -0.460 e.